The normalized spacial score (nSPS) is 13.6. The maximum absolute atomic E-state index is 12.6. The molecule has 0 amide bonds. The van der Waals surface area contributed by atoms with Crippen molar-refractivity contribution in [3.8, 4) is 0 Å². The van der Waals surface area contributed by atoms with E-state index in [-0.39, 0.29) is 0 Å². The van der Waals surface area contributed by atoms with E-state index in [4.69, 9.17) is 9.47 Å². The van der Waals surface area contributed by atoms with E-state index in [0.717, 1.165) is 45.3 Å². The van der Waals surface area contributed by atoms with E-state index in [9.17, 15) is 9.59 Å². The van der Waals surface area contributed by atoms with Crippen molar-refractivity contribution in [1.82, 2.24) is 18.9 Å². The van der Waals surface area contributed by atoms with Gasteiger partial charge in [-0.3, -0.25) is 9.80 Å². The Morgan fingerprint density at radius 2 is 1.08 bits per heavy atom. The van der Waals surface area contributed by atoms with Crippen LogP contribution in [0.3, 0.4) is 0 Å². The molecule has 0 bridgehead atoms. The highest BCUT2D eigenvalue weighted by atomic mass is 16.6. The predicted octanol–water partition coefficient (Wildman–Crippen LogP) is 4.33. The van der Waals surface area contributed by atoms with Crippen LogP contribution in [0.1, 0.15) is 11.4 Å². The third kappa shape index (κ3) is 6.15. The molecule has 2 heterocycles. The number of para-hydroxylation sites is 2. The fourth-order valence-corrected chi connectivity index (χ4v) is 4.59. The molecule has 0 saturated heterocycles. The number of nitrogens with zero attached hydrogens (tertiary/aromatic N) is 4. The number of benzene rings is 2. The summed E-state index contributed by atoms with van der Waals surface area (Å²) in [6, 6.07) is 20.4. The number of aryl methyl sites for hydroxylation is 2. The Labute approximate surface area is 223 Å². The molecule has 0 radical (unpaired) electrons. The van der Waals surface area contributed by atoms with Gasteiger partial charge in [-0.05, 0) is 77.1 Å². The van der Waals surface area contributed by atoms with Crippen molar-refractivity contribution in [1.29, 1.82) is 0 Å². The van der Waals surface area contributed by atoms with Crippen LogP contribution in [0.15, 0.2) is 72.8 Å². The second-order valence-corrected chi connectivity index (χ2v) is 9.95. The number of hydrogen-bond acceptors (Lipinski definition) is 6. The first kappa shape index (κ1) is 27.2. The summed E-state index contributed by atoms with van der Waals surface area (Å²) >= 11 is 0. The van der Waals surface area contributed by atoms with Crippen molar-refractivity contribution in [3.63, 3.8) is 0 Å². The molecule has 0 saturated carbocycles. The van der Waals surface area contributed by atoms with E-state index in [2.05, 4.69) is 33.4 Å². The Morgan fingerprint density at radius 1 is 0.711 bits per heavy atom. The summed E-state index contributed by atoms with van der Waals surface area (Å²) in [4.78, 5) is 29.0. The monoisotopic (exact) mass is 516 g/mol. The summed E-state index contributed by atoms with van der Waals surface area (Å²) in [5.74, 6) is -1.22. The fourth-order valence-electron chi connectivity index (χ4n) is 4.59. The van der Waals surface area contributed by atoms with Crippen LogP contribution in [0, 0.1) is 13.8 Å². The van der Waals surface area contributed by atoms with Crippen LogP contribution < -0.4 is 0 Å². The molecule has 2 aromatic heterocycles. The number of hydrogen-bond donors (Lipinski definition) is 0. The zero-order valence-corrected chi connectivity index (χ0v) is 22.9. The lowest BCUT2D eigenvalue weighted by Gasteiger charge is -2.26. The van der Waals surface area contributed by atoms with E-state index in [0.29, 0.717) is 13.1 Å². The lowest BCUT2D eigenvalue weighted by molar-refractivity contribution is -0.154. The highest BCUT2D eigenvalue weighted by Crippen LogP contribution is 2.22. The highest BCUT2D eigenvalue weighted by molar-refractivity contribution is 5.91. The van der Waals surface area contributed by atoms with Gasteiger partial charge in [0.1, 0.15) is 0 Å². The summed E-state index contributed by atoms with van der Waals surface area (Å²) in [7, 11) is 7.41. The highest BCUT2D eigenvalue weighted by Gasteiger charge is 2.21. The van der Waals surface area contributed by atoms with Gasteiger partial charge in [0.25, 0.3) is 0 Å². The Hall–Kier alpha value is -3.88. The smallest absolute Gasteiger partial charge is 0.332 e. The molecule has 4 rings (SSSR count). The average Bonchev–Trinajstić information content (AvgIpc) is 3.36. The molecule has 2 atom stereocenters. The zero-order chi connectivity index (χ0) is 27.4. The molecule has 0 fully saturated rings. The van der Waals surface area contributed by atoms with E-state index >= 15 is 0 Å². The standard InChI is InChI=1S/C30H36N4O4/c1-21-17-23-11-7-9-13-25(23)33(21)19-27(31(3)4)37-29(35)15-16-30(36)38-28(32(5)6)20-34-22(2)18-24-12-8-10-14-26(24)34/h7-18,27-28H,19-20H2,1-6H3/b16-15+. The van der Waals surface area contributed by atoms with Crippen molar-refractivity contribution in [2.75, 3.05) is 28.2 Å². The molecule has 8 nitrogen and oxygen atoms in total. The van der Waals surface area contributed by atoms with Gasteiger partial charge < -0.3 is 18.6 Å². The van der Waals surface area contributed by atoms with Gasteiger partial charge in [-0.15, -0.1) is 0 Å². The van der Waals surface area contributed by atoms with Gasteiger partial charge in [-0.25, -0.2) is 9.59 Å². The van der Waals surface area contributed by atoms with Crippen LogP contribution in [0.25, 0.3) is 21.8 Å². The average molecular weight is 517 g/mol. The number of likely N-dealkylation sites (N-methyl/N-ethyl adjacent to an activating group) is 2. The third-order valence-corrected chi connectivity index (χ3v) is 6.72. The number of rotatable bonds is 10. The Morgan fingerprint density at radius 3 is 1.45 bits per heavy atom. The van der Waals surface area contributed by atoms with E-state index in [1.165, 1.54) is 0 Å². The van der Waals surface area contributed by atoms with Crippen LogP contribution in [-0.2, 0) is 32.2 Å². The number of esters is 2. The number of ether oxygens (including phenoxy) is 2. The Balaban J connectivity index is 1.39. The minimum absolute atomic E-state index is 0.462. The van der Waals surface area contributed by atoms with Crippen LogP contribution in [-0.4, -0.2) is 71.5 Å². The maximum atomic E-state index is 12.6. The quantitative estimate of drug-likeness (QED) is 0.178. The van der Waals surface area contributed by atoms with Crippen LogP contribution in [0.5, 0.6) is 0 Å². The molecule has 2 aromatic carbocycles. The topological polar surface area (TPSA) is 68.9 Å². The largest absolute Gasteiger partial charge is 0.441 e. The lowest BCUT2D eigenvalue weighted by atomic mass is 10.2. The summed E-state index contributed by atoms with van der Waals surface area (Å²) < 4.78 is 15.6. The van der Waals surface area contributed by atoms with E-state index in [1.807, 2.05) is 88.2 Å². The van der Waals surface area contributed by atoms with Crippen molar-refractivity contribution in [2.45, 2.75) is 39.4 Å². The summed E-state index contributed by atoms with van der Waals surface area (Å²) in [5.41, 5.74) is 4.31. The summed E-state index contributed by atoms with van der Waals surface area (Å²) in [6.07, 6.45) is 1.22. The number of carbonyl (C=O) groups is 2. The Bertz CT molecular complexity index is 1350. The molecule has 8 heteroatoms. The van der Waals surface area contributed by atoms with Gasteiger partial charge in [0.2, 0.25) is 0 Å². The molecule has 2 unspecified atom stereocenters. The van der Waals surface area contributed by atoms with Crippen LogP contribution in [0.4, 0.5) is 0 Å². The van der Waals surface area contributed by atoms with E-state index in [1.54, 1.807) is 0 Å². The van der Waals surface area contributed by atoms with Gasteiger partial charge in [-0.1, -0.05) is 36.4 Å². The van der Waals surface area contributed by atoms with Crippen molar-refractivity contribution >= 4 is 33.7 Å². The minimum Gasteiger partial charge on any atom is -0.441 e. The molecule has 38 heavy (non-hydrogen) atoms. The summed E-state index contributed by atoms with van der Waals surface area (Å²) in [6.45, 7) is 4.99. The summed E-state index contributed by atoms with van der Waals surface area (Å²) in [5, 5.41) is 2.27. The van der Waals surface area contributed by atoms with Gasteiger partial charge in [0, 0.05) is 34.6 Å². The molecule has 200 valence electrons. The van der Waals surface area contributed by atoms with Gasteiger partial charge in [0.05, 0.1) is 13.1 Å². The minimum atomic E-state index is -0.608. The number of aromatic nitrogens is 2. The van der Waals surface area contributed by atoms with Crippen LogP contribution in [0.2, 0.25) is 0 Å². The molecule has 0 aliphatic rings. The SMILES string of the molecule is Cc1cc2ccccc2n1CC(OC(=O)/C=C/C(=O)OC(Cn1c(C)cc2ccccc21)N(C)C)N(C)C. The molecule has 0 aliphatic heterocycles. The van der Waals surface area contributed by atoms with Crippen molar-refractivity contribution < 1.29 is 19.1 Å². The van der Waals surface area contributed by atoms with Crippen molar-refractivity contribution in [2.24, 2.45) is 0 Å². The predicted molar refractivity (Wildman–Crippen MR) is 150 cm³/mol. The second kappa shape index (κ2) is 11.7. The van der Waals surface area contributed by atoms with Crippen molar-refractivity contribution in [3.05, 3.63) is 84.2 Å². The molecule has 0 N–H and O–H groups in total. The van der Waals surface area contributed by atoms with E-state index < -0.39 is 24.4 Å². The zero-order valence-electron chi connectivity index (χ0n) is 22.9. The number of carbonyl (C=O) groups excluding carboxylic acids is 2. The molecule has 0 spiro atoms. The molecular formula is C30H36N4O4. The Kier molecular flexibility index (Phi) is 8.34. The fraction of sp³-hybridized carbons (Fsp3) is 0.333. The third-order valence-electron chi connectivity index (χ3n) is 6.72. The molecular weight excluding hydrogens is 480 g/mol. The van der Waals surface area contributed by atoms with Gasteiger partial charge in [-0.2, -0.15) is 0 Å². The first-order valence-corrected chi connectivity index (χ1v) is 12.7. The first-order chi connectivity index (χ1) is 18.1. The van der Waals surface area contributed by atoms with Gasteiger partial charge in [0.15, 0.2) is 12.5 Å². The lowest BCUT2D eigenvalue weighted by Crippen LogP contribution is -2.37. The number of fused-ring (bicyclic) bond motifs is 2. The maximum Gasteiger partial charge on any atom is 0.332 e. The molecule has 0 aliphatic carbocycles. The van der Waals surface area contributed by atoms with Crippen LogP contribution >= 0.6 is 0 Å². The second-order valence-electron chi connectivity index (χ2n) is 9.95. The molecule has 4 aromatic rings. The first-order valence-electron chi connectivity index (χ1n) is 12.7. The van der Waals surface area contributed by atoms with Gasteiger partial charge >= 0.3 is 11.9 Å².